The Morgan fingerprint density at radius 1 is 1.12 bits per heavy atom. The van der Waals surface area contributed by atoms with Crippen molar-refractivity contribution < 1.29 is 32.4 Å². The van der Waals surface area contributed by atoms with Gasteiger partial charge in [-0.3, -0.25) is 9.78 Å². The fourth-order valence-electron chi connectivity index (χ4n) is 3.04. The van der Waals surface area contributed by atoms with Crippen molar-refractivity contribution in [1.82, 2.24) is 20.0 Å². The van der Waals surface area contributed by atoms with Crippen molar-refractivity contribution in [3.05, 3.63) is 52.3 Å². The quantitative estimate of drug-likeness (QED) is 0.601. The van der Waals surface area contributed by atoms with Gasteiger partial charge < -0.3 is 14.5 Å². The summed E-state index contributed by atoms with van der Waals surface area (Å²) in [5.41, 5.74) is 4.63. The minimum Gasteiger partial charge on any atom is -0.475 e. The van der Waals surface area contributed by atoms with E-state index >= 15 is 0 Å². The molecule has 0 atom stereocenters. The van der Waals surface area contributed by atoms with Crippen LogP contribution in [0.25, 0.3) is 10.9 Å². The van der Waals surface area contributed by atoms with E-state index in [9.17, 15) is 18.0 Å². The molecule has 0 aliphatic carbocycles. The number of alkyl halides is 3. The van der Waals surface area contributed by atoms with Crippen LogP contribution in [-0.4, -0.2) is 49.2 Å². The Balaban J connectivity index is 0.000000479. The molecule has 0 bridgehead atoms. The van der Waals surface area contributed by atoms with Gasteiger partial charge in [-0.05, 0) is 51.8 Å². The van der Waals surface area contributed by atoms with E-state index in [2.05, 4.69) is 22.0 Å². The van der Waals surface area contributed by atoms with Gasteiger partial charge in [0.05, 0.1) is 17.6 Å². The van der Waals surface area contributed by atoms with Crippen LogP contribution in [0.15, 0.2) is 22.7 Å². The summed E-state index contributed by atoms with van der Waals surface area (Å²) in [5.74, 6) is -1.81. The summed E-state index contributed by atoms with van der Waals surface area (Å²) < 4.78 is 36.8. The Kier molecular flexibility index (Phi) is 7.78. The Morgan fingerprint density at radius 3 is 2.21 bits per heavy atom. The molecule has 0 saturated heterocycles. The maximum Gasteiger partial charge on any atom is 0.490 e. The van der Waals surface area contributed by atoms with E-state index in [-0.39, 0.29) is 11.9 Å². The first-order valence-electron chi connectivity index (χ1n) is 10.00. The van der Waals surface area contributed by atoms with Crippen molar-refractivity contribution in [2.45, 2.75) is 60.3 Å². The topological polar surface area (TPSA) is 109 Å². The number of halogens is 3. The predicted molar refractivity (Wildman–Crippen MR) is 114 cm³/mol. The first-order chi connectivity index (χ1) is 15.2. The van der Waals surface area contributed by atoms with Crippen molar-refractivity contribution in [3.63, 3.8) is 0 Å². The molecule has 8 nitrogen and oxygen atoms in total. The lowest BCUT2D eigenvalue weighted by Crippen LogP contribution is -2.37. The number of benzene rings is 1. The molecule has 1 amide bonds. The number of rotatable bonds is 4. The SMILES string of the molecule is Cc1cc(C(=O)N(Cc2noc(C)n2)C(C)C)c2ccc(C)c(C)c2n1.O=C(O)C(F)(F)F. The van der Waals surface area contributed by atoms with Crippen molar-refractivity contribution >= 4 is 22.8 Å². The maximum absolute atomic E-state index is 13.4. The highest BCUT2D eigenvalue weighted by Gasteiger charge is 2.38. The molecular formula is C22H25F3N4O4. The van der Waals surface area contributed by atoms with Crippen LogP contribution in [0.3, 0.4) is 0 Å². The van der Waals surface area contributed by atoms with Crippen LogP contribution in [0.1, 0.15) is 52.7 Å². The molecule has 0 aliphatic heterocycles. The van der Waals surface area contributed by atoms with E-state index in [1.54, 1.807) is 11.8 Å². The number of fused-ring (bicyclic) bond motifs is 1. The third-order valence-corrected chi connectivity index (χ3v) is 4.87. The summed E-state index contributed by atoms with van der Waals surface area (Å²) in [5, 5.41) is 11.9. The van der Waals surface area contributed by atoms with Crippen LogP contribution in [-0.2, 0) is 11.3 Å². The standard InChI is InChI=1S/C20H24N4O2.C2HF3O2/c1-11(2)24(10-18-22-15(6)26-23-18)20(25)17-9-13(4)21-19-14(5)12(3)7-8-16(17)19;3-2(4,5)1(6)7/h7-9,11H,10H2,1-6H3;(H,6,7). The number of aliphatic carboxylic acids is 1. The number of hydrogen-bond donors (Lipinski definition) is 1. The minimum absolute atomic E-state index is 0.00336. The zero-order valence-electron chi connectivity index (χ0n) is 19.1. The molecule has 0 saturated carbocycles. The van der Waals surface area contributed by atoms with Crippen molar-refractivity contribution in [3.8, 4) is 0 Å². The number of carboxylic acid groups (broad SMARTS) is 1. The molecule has 3 aromatic rings. The summed E-state index contributed by atoms with van der Waals surface area (Å²) >= 11 is 0. The number of aryl methyl sites for hydroxylation is 4. The summed E-state index contributed by atoms with van der Waals surface area (Å²) in [6, 6.07) is 5.87. The molecule has 0 spiro atoms. The highest BCUT2D eigenvalue weighted by molar-refractivity contribution is 6.07. The van der Waals surface area contributed by atoms with Gasteiger partial charge in [0.1, 0.15) is 0 Å². The lowest BCUT2D eigenvalue weighted by Gasteiger charge is -2.26. The fourth-order valence-corrected chi connectivity index (χ4v) is 3.04. The second-order valence-electron chi connectivity index (χ2n) is 7.77. The van der Waals surface area contributed by atoms with Gasteiger partial charge in [0, 0.05) is 24.0 Å². The Bertz CT molecular complexity index is 1170. The second kappa shape index (κ2) is 9.97. The van der Waals surface area contributed by atoms with Gasteiger partial charge >= 0.3 is 12.1 Å². The highest BCUT2D eigenvalue weighted by Crippen LogP contribution is 2.26. The fraction of sp³-hybridized carbons (Fsp3) is 0.409. The van der Waals surface area contributed by atoms with Gasteiger partial charge in [-0.1, -0.05) is 17.3 Å². The molecule has 2 heterocycles. The van der Waals surface area contributed by atoms with Crippen LogP contribution in [0.2, 0.25) is 0 Å². The number of hydrogen-bond acceptors (Lipinski definition) is 6. The van der Waals surface area contributed by atoms with E-state index in [1.165, 1.54) is 0 Å². The summed E-state index contributed by atoms with van der Waals surface area (Å²) in [6.07, 6.45) is -5.08. The molecule has 0 radical (unpaired) electrons. The van der Waals surface area contributed by atoms with E-state index in [1.807, 2.05) is 45.9 Å². The Morgan fingerprint density at radius 2 is 1.73 bits per heavy atom. The van der Waals surface area contributed by atoms with Crippen molar-refractivity contribution in [2.24, 2.45) is 0 Å². The molecule has 11 heteroatoms. The maximum atomic E-state index is 13.4. The molecule has 178 valence electrons. The number of pyridine rings is 1. The van der Waals surface area contributed by atoms with Gasteiger partial charge in [0.2, 0.25) is 5.89 Å². The van der Waals surface area contributed by atoms with Gasteiger partial charge in [0.15, 0.2) is 5.82 Å². The zero-order valence-corrected chi connectivity index (χ0v) is 19.1. The predicted octanol–water partition coefficient (Wildman–Crippen LogP) is 4.54. The molecule has 0 aliphatic rings. The van der Waals surface area contributed by atoms with Crippen LogP contribution < -0.4 is 0 Å². The van der Waals surface area contributed by atoms with Gasteiger partial charge in [-0.15, -0.1) is 0 Å². The van der Waals surface area contributed by atoms with Gasteiger partial charge in [-0.25, -0.2) is 4.79 Å². The lowest BCUT2D eigenvalue weighted by atomic mass is 10.00. The molecule has 33 heavy (non-hydrogen) atoms. The third-order valence-electron chi connectivity index (χ3n) is 4.87. The normalized spacial score (nSPS) is 11.3. The minimum atomic E-state index is -5.08. The Labute approximate surface area is 188 Å². The van der Waals surface area contributed by atoms with E-state index in [0.29, 0.717) is 23.8 Å². The third kappa shape index (κ3) is 6.27. The number of carbonyl (C=O) groups excluding carboxylic acids is 1. The first-order valence-corrected chi connectivity index (χ1v) is 10.00. The van der Waals surface area contributed by atoms with E-state index < -0.39 is 12.1 Å². The molecule has 1 aromatic carbocycles. The van der Waals surface area contributed by atoms with Crippen LogP contribution >= 0.6 is 0 Å². The second-order valence-corrected chi connectivity index (χ2v) is 7.77. The number of amides is 1. The molecule has 0 fully saturated rings. The summed E-state index contributed by atoms with van der Waals surface area (Å²) in [6.45, 7) is 12.0. The van der Waals surface area contributed by atoms with Crippen LogP contribution in [0, 0.1) is 27.7 Å². The van der Waals surface area contributed by atoms with Gasteiger partial charge in [0.25, 0.3) is 5.91 Å². The largest absolute Gasteiger partial charge is 0.490 e. The summed E-state index contributed by atoms with van der Waals surface area (Å²) in [7, 11) is 0. The lowest BCUT2D eigenvalue weighted by molar-refractivity contribution is -0.192. The van der Waals surface area contributed by atoms with Crippen molar-refractivity contribution in [1.29, 1.82) is 0 Å². The monoisotopic (exact) mass is 466 g/mol. The number of nitrogens with zero attached hydrogens (tertiary/aromatic N) is 4. The smallest absolute Gasteiger partial charge is 0.475 e. The van der Waals surface area contributed by atoms with Crippen LogP contribution in [0.5, 0.6) is 0 Å². The number of carboxylic acids is 1. The molecule has 3 rings (SSSR count). The van der Waals surface area contributed by atoms with Gasteiger partial charge in [-0.2, -0.15) is 18.2 Å². The molecule has 0 unspecified atom stereocenters. The molecular weight excluding hydrogens is 441 g/mol. The average molecular weight is 466 g/mol. The first kappa shape index (κ1) is 25.8. The number of carbonyl (C=O) groups is 2. The Hall–Kier alpha value is -3.50. The van der Waals surface area contributed by atoms with E-state index in [4.69, 9.17) is 14.4 Å². The molecule has 1 N–H and O–H groups in total. The molecule has 2 aromatic heterocycles. The average Bonchev–Trinajstić information content (AvgIpc) is 3.12. The number of aromatic nitrogens is 3. The highest BCUT2D eigenvalue weighted by atomic mass is 19.4. The van der Waals surface area contributed by atoms with Crippen molar-refractivity contribution in [2.75, 3.05) is 0 Å². The van der Waals surface area contributed by atoms with E-state index in [0.717, 1.165) is 27.7 Å². The van der Waals surface area contributed by atoms with Crippen LogP contribution in [0.4, 0.5) is 13.2 Å². The zero-order chi connectivity index (χ0) is 25.1. The summed E-state index contributed by atoms with van der Waals surface area (Å²) in [4.78, 5) is 32.9.